The number of halogens is 1. The van der Waals surface area contributed by atoms with Gasteiger partial charge in [-0.1, -0.05) is 30.7 Å². The number of nitrogens with two attached hydrogens (primary N) is 1. The van der Waals surface area contributed by atoms with Crippen LogP contribution in [0.15, 0.2) is 0 Å². The first-order valence-electron chi connectivity index (χ1n) is 6.22. The minimum Gasteiger partial charge on any atom is -0.393 e. The number of aryl methyl sites for hydroxylation is 2. The SMILES string of the molecule is CCN(CCC(N)=S)Cc1c(Cl)c(C)nn1CC. The molecule has 18 heavy (non-hydrogen) atoms. The summed E-state index contributed by atoms with van der Waals surface area (Å²) < 4.78 is 1.96. The molecule has 1 aromatic rings. The van der Waals surface area contributed by atoms with E-state index < -0.39 is 0 Å². The molecule has 2 N–H and O–H groups in total. The Labute approximate surface area is 119 Å². The van der Waals surface area contributed by atoms with Gasteiger partial charge < -0.3 is 5.73 Å². The van der Waals surface area contributed by atoms with E-state index in [-0.39, 0.29) is 0 Å². The second-order valence-electron chi connectivity index (χ2n) is 4.25. The van der Waals surface area contributed by atoms with Gasteiger partial charge in [0, 0.05) is 26.1 Å². The fourth-order valence-electron chi connectivity index (χ4n) is 1.85. The van der Waals surface area contributed by atoms with Crippen LogP contribution in [0.25, 0.3) is 0 Å². The predicted molar refractivity (Wildman–Crippen MR) is 80.0 cm³/mol. The molecular weight excluding hydrogens is 268 g/mol. The Morgan fingerprint density at radius 2 is 2.17 bits per heavy atom. The normalized spacial score (nSPS) is 11.2. The largest absolute Gasteiger partial charge is 0.393 e. The van der Waals surface area contributed by atoms with E-state index in [1.807, 2.05) is 11.6 Å². The average molecular weight is 289 g/mol. The zero-order valence-electron chi connectivity index (χ0n) is 11.2. The Balaban J connectivity index is 2.77. The molecule has 0 spiro atoms. The van der Waals surface area contributed by atoms with Crippen LogP contribution in [0.4, 0.5) is 0 Å². The third-order valence-electron chi connectivity index (χ3n) is 2.95. The molecule has 0 amide bonds. The molecule has 1 rings (SSSR count). The van der Waals surface area contributed by atoms with Crippen molar-refractivity contribution in [3.05, 3.63) is 16.4 Å². The molecule has 0 aliphatic heterocycles. The maximum Gasteiger partial charge on any atom is 0.0860 e. The maximum absolute atomic E-state index is 6.30. The lowest BCUT2D eigenvalue weighted by Crippen LogP contribution is -2.28. The molecule has 0 unspecified atom stereocenters. The van der Waals surface area contributed by atoms with E-state index in [2.05, 4.69) is 23.8 Å². The molecule has 0 saturated carbocycles. The van der Waals surface area contributed by atoms with Crippen molar-refractivity contribution < 1.29 is 0 Å². The zero-order chi connectivity index (χ0) is 13.7. The summed E-state index contributed by atoms with van der Waals surface area (Å²) in [5.74, 6) is 0. The lowest BCUT2D eigenvalue weighted by atomic mass is 10.3. The monoisotopic (exact) mass is 288 g/mol. The second kappa shape index (κ2) is 7.07. The molecule has 1 aromatic heterocycles. The van der Waals surface area contributed by atoms with E-state index in [0.717, 1.165) is 49.0 Å². The summed E-state index contributed by atoms with van der Waals surface area (Å²) in [5, 5.41) is 5.19. The summed E-state index contributed by atoms with van der Waals surface area (Å²) in [7, 11) is 0. The molecule has 0 fully saturated rings. The number of nitrogens with zero attached hydrogens (tertiary/aromatic N) is 3. The van der Waals surface area contributed by atoms with Crippen molar-refractivity contribution in [1.82, 2.24) is 14.7 Å². The molecule has 102 valence electrons. The molecule has 0 aliphatic rings. The van der Waals surface area contributed by atoms with E-state index in [1.165, 1.54) is 0 Å². The summed E-state index contributed by atoms with van der Waals surface area (Å²) in [4.78, 5) is 2.83. The first-order valence-corrected chi connectivity index (χ1v) is 7.00. The Kier molecular flexibility index (Phi) is 6.05. The maximum atomic E-state index is 6.30. The number of thiocarbonyl (C=S) groups is 1. The van der Waals surface area contributed by atoms with Crippen LogP contribution in [0.3, 0.4) is 0 Å². The molecule has 4 nitrogen and oxygen atoms in total. The van der Waals surface area contributed by atoms with Crippen LogP contribution in [0, 0.1) is 6.92 Å². The Hall–Kier alpha value is -0.650. The fourth-order valence-corrected chi connectivity index (χ4v) is 2.14. The number of hydrogen-bond acceptors (Lipinski definition) is 3. The van der Waals surface area contributed by atoms with E-state index in [1.54, 1.807) is 0 Å². The van der Waals surface area contributed by atoms with Crippen molar-refractivity contribution in [2.24, 2.45) is 5.73 Å². The zero-order valence-corrected chi connectivity index (χ0v) is 12.8. The molecular formula is C12H21ClN4S. The van der Waals surface area contributed by atoms with Crippen molar-refractivity contribution in [3.8, 4) is 0 Å². The summed E-state index contributed by atoms with van der Waals surface area (Å²) in [6.07, 6.45) is 0.736. The van der Waals surface area contributed by atoms with Crippen molar-refractivity contribution in [2.75, 3.05) is 13.1 Å². The highest BCUT2D eigenvalue weighted by molar-refractivity contribution is 7.80. The van der Waals surface area contributed by atoms with Gasteiger partial charge >= 0.3 is 0 Å². The van der Waals surface area contributed by atoms with Gasteiger partial charge in [-0.25, -0.2) is 0 Å². The summed E-state index contributed by atoms with van der Waals surface area (Å²) >= 11 is 11.2. The van der Waals surface area contributed by atoms with E-state index >= 15 is 0 Å². The molecule has 0 bridgehead atoms. The van der Waals surface area contributed by atoms with Crippen LogP contribution in [0.2, 0.25) is 5.02 Å². The van der Waals surface area contributed by atoms with Gasteiger partial charge in [-0.2, -0.15) is 5.10 Å². The van der Waals surface area contributed by atoms with Crippen LogP contribution in [0.5, 0.6) is 0 Å². The highest BCUT2D eigenvalue weighted by Crippen LogP contribution is 2.21. The second-order valence-corrected chi connectivity index (χ2v) is 5.15. The minimum absolute atomic E-state index is 0.555. The Morgan fingerprint density at radius 1 is 1.50 bits per heavy atom. The smallest absolute Gasteiger partial charge is 0.0860 e. The molecule has 0 saturated heterocycles. The van der Waals surface area contributed by atoms with Gasteiger partial charge in [0.2, 0.25) is 0 Å². The highest BCUT2D eigenvalue weighted by atomic mass is 35.5. The van der Waals surface area contributed by atoms with Crippen LogP contribution in [-0.4, -0.2) is 32.8 Å². The number of hydrogen-bond donors (Lipinski definition) is 1. The van der Waals surface area contributed by atoms with E-state index in [0.29, 0.717) is 4.99 Å². The van der Waals surface area contributed by atoms with Gasteiger partial charge in [0.05, 0.1) is 21.4 Å². The van der Waals surface area contributed by atoms with Gasteiger partial charge in [0.1, 0.15) is 0 Å². The summed E-state index contributed by atoms with van der Waals surface area (Å²) in [6, 6.07) is 0. The highest BCUT2D eigenvalue weighted by Gasteiger charge is 2.15. The van der Waals surface area contributed by atoms with Crippen LogP contribution in [0.1, 0.15) is 31.7 Å². The lowest BCUT2D eigenvalue weighted by molar-refractivity contribution is 0.279. The van der Waals surface area contributed by atoms with Crippen LogP contribution in [-0.2, 0) is 13.1 Å². The van der Waals surface area contributed by atoms with Crippen LogP contribution >= 0.6 is 23.8 Å². The average Bonchev–Trinajstić information content (AvgIpc) is 2.61. The van der Waals surface area contributed by atoms with E-state index in [9.17, 15) is 0 Å². The van der Waals surface area contributed by atoms with Crippen molar-refractivity contribution in [2.45, 2.75) is 40.3 Å². The minimum atomic E-state index is 0.555. The third-order valence-corrected chi connectivity index (χ3v) is 3.64. The third kappa shape index (κ3) is 3.93. The van der Waals surface area contributed by atoms with Crippen molar-refractivity contribution >= 4 is 28.8 Å². The van der Waals surface area contributed by atoms with Gasteiger partial charge in [0.25, 0.3) is 0 Å². The first kappa shape index (κ1) is 15.4. The predicted octanol–water partition coefficient (Wildman–Crippen LogP) is 2.36. The molecule has 0 atom stereocenters. The quantitative estimate of drug-likeness (QED) is 0.783. The van der Waals surface area contributed by atoms with Gasteiger partial charge in [-0.05, 0) is 20.4 Å². The Bertz CT molecular complexity index is 416. The van der Waals surface area contributed by atoms with Gasteiger partial charge in [-0.15, -0.1) is 0 Å². The topological polar surface area (TPSA) is 47.1 Å². The van der Waals surface area contributed by atoms with E-state index in [4.69, 9.17) is 29.6 Å². The molecule has 6 heteroatoms. The number of rotatable bonds is 7. The summed E-state index contributed by atoms with van der Waals surface area (Å²) in [6.45, 7) is 9.53. The van der Waals surface area contributed by atoms with Gasteiger partial charge in [-0.3, -0.25) is 9.58 Å². The lowest BCUT2D eigenvalue weighted by Gasteiger charge is -2.20. The van der Waals surface area contributed by atoms with Gasteiger partial charge in [0.15, 0.2) is 0 Å². The molecule has 0 radical (unpaired) electrons. The first-order chi connectivity index (χ1) is 8.49. The summed E-state index contributed by atoms with van der Waals surface area (Å²) in [5.41, 5.74) is 7.50. The van der Waals surface area contributed by atoms with Crippen molar-refractivity contribution in [3.63, 3.8) is 0 Å². The Morgan fingerprint density at radius 3 is 2.67 bits per heavy atom. The van der Waals surface area contributed by atoms with Crippen molar-refractivity contribution in [1.29, 1.82) is 0 Å². The standard InChI is InChI=1S/C12H21ClN4S/c1-4-16(7-6-11(14)18)8-10-12(13)9(3)15-17(10)5-2/h4-8H2,1-3H3,(H2,14,18). The van der Waals surface area contributed by atoms with Crippen LogP contribution < -0.4 is 5.73 Å². The number of aromatic nitrogens is 2. The molecule has 0 aromatic carbocycles. The molecule has 1 heterocycles. The fraction of sp³-hybridized carbons (Fsp3) is 0.667. The molecule has 0 aliphatic carbocycles.